The van der Waals surface area contributed by atoms with Crippen LogP contribution < -0.4 is 4.90 Å². The molecule has 1 aliphatic heterocycles. The van der Waals surface area contributed by atoms with Gasteiger partial charge in [0.1, 0.15) is 0 Å². The lowest BCUT2D eigenvalue weighted by Gasteiger charge is -2.33. The molecule has 1 saturated heterocycles. The van der Waals surface area contributed by atoms with Gasteiger partial charge in [-0.25, -0.2) is 4.79 Å². The fourth-order valence-corrected chi connectivity index (χ4v) is 1.96. The van der Waals surface area contributed by atoms with E-state index in [2.05, 4.69) is 9.88 Å². The van der Waals surface area contributed by atoms with Gasteiger partial charge in [0.15, 0.2) is 6.10 Å². The Kier molecular flexibility index (Phi) is 3.58. The van der Waals surface area contributed by atoms with Gasteiger partial charge >= 0.3 is 5.97 Å². The highest BCUT2D eigenvalue weighted by Gasteiger charge is 2.27. The molecule has 0 N–H and O–H groups in total. The fraction of sp³-hybridized carbons (Fsp3) is 0.500. The number of carbonyl (C=O) groups excluding carboxylic acids is 1. The number of methoxy groups -OCH3 is 1. The summed E-state index contributed by atoms with van der Waals surface area (Å²) < 4.78 is 10.1. The van der Waals surface area contributed by atoms with Gasteiger partial charge in [-0.15, -0.1) is 0 Å². The van der Waals surface area contributed by atoms with Crippen molar-refractivity contribution in [1.29, 1.82) is 0 Å². The second kappa shape index (κ2) is 5.14. The maximum atomic E-state index is 11.4. The molecule has 2 heterocycles. The molecule has 2 rings (SSSR count). The number of aryl methyl sites for hydroxylation is 1. The Bertz CT molecular complexity index is 408. The minimum Gasteiger partial charge on any atom is -0.467 e. The van der Waals surface area contributed by atoms with Gasteiger partial charge in [0.05, 0.1) is 20.3 Å². The molecule has 1 aromatic rings. The SMILES string of the molecule is COC(=O)C1CN(c2ccncc2C)CCO1. The minimum atomic E-state index is -0.499. The number of ether oxygens (including phenoxy) is 2. The van der Waals surface area contributed by atoms with Gasteiger partial charge in [0, 0.05) is 24.6 Å². The molecule has 1 atom stereocenters. The molecule has 1 fully saturated rings. The zero-order chi connectivity index (χ0) is 12.3. The summed E-state index contributed by atoms with van der Waals surface area (Å²) in [5.41, 5.74) is 2.19. The summed E-state index contributed by atoms with van der Waals surface area (Å²) in [6, 6.07) is 1.95. The van der Waals surface area contributed by atoms with Crippen molar-refractivity contribution in [3.05, 3.63) is 24.0 Å². The molecular weight excluding hydrogens is 220 g/mol. The molecule has 0 aliphatic carbocycles. The number of anilines is 1. The molecule has 0 aromatic carbocycles. The van der Waals surface area contributed by atoms with Crippen molar-refractivity contribution in [3.8, 4) is 0 Å². The summed E-state index contributed by atoms with van der Waals surface area (Å²) in [6.45, 7) is 3.84. The first-order chi connectivity index (χ1) is 8.22. The molecule has 0 bridgehead atoms. The van der Waals surface area contributed by atoms with Crippen LogP contribution in [0.1, 0.15) is 5.56 Å². The number of morpholine rings is 1. The Morgan fingerprint density at radius 3 is 3.18 bits per heavy atom. The number of nitrogens with zero attached hydrogens (tertiary/aromatic N) is 2. The number of pyridine rings is 1. The fourth-order valence-electron chi connectivity index (χ4n) is 1.96. The van der Waals surface area contributed by atoms with Crippen LogP contribution in [-0.4, -0.2) is 43.9 Å². The van der Waals surface area contributed by atoms with Crippen LogP contribution in [0.3, 0.4) is 0 Å². The van der Waals surface area contributed by atoms with Gasteiger partial charge in [0.2, 0.25) is 0 Å². The van der Waals surface area contributed by atoms with Crippen molar-refractivity contribution < 1.29 is 14.3 Å². The summed E-state index contributed by atoms with van der Waals surface area (Å²) in [6.07, 6.45) is 3.07. The van der Waals surface area contributed by atoms with Crippen molar-refractivity contribution in [2.75, 3.05) is 31.7 Å². The highest BCUT2D eigenvalue weighted by atomic mass is 16.6. The third-order valence-corrected chi connectivity index (χ3v) is 2.86. The number of aromatic nitrogens is 1. The third kappa shape index (κ3) is 2.55. The Hall–Kier alpha value is -1.62. The third-order valence-electron chi connectivity index (χ3n) is 2.86. The molecule has 0 amide bonds. The first-order valence-electron chi connectivity index (χ1n) is 5.57. The highest BCUT2D eigenvalue weighted by molar-refractivity contribution is 5.75. The van der Waals surface area contributed by atoms with Gasteiger partial charge in [-0.05, 0) is 18.6 Å². The summed E-state index contributed by atoms with van der Waals surface area (Å²) in [4.78, 5) is 17.6. The van der Waals surface area contributed by atoms with Gasteiger partial charge in [-0.3, -0.25) is 4.98 Å². The first kappa shape index (κ1) is 11.9. The Morgan fingerprint density at radius 2 is 2.47 bits per heavy atom. The monoisotopic (exact) mass is 236 g/mol. The average Bonchev–Trinajstić information content (AvgIpc) is 2.38. The molecule has 1 aliphatic rings. The van der Waals surface area contributed by atoms with Crippen LogP contribution >= 0.6 is 0 Å². The van der Waals surface area contributed by atoms with E-state index in [4.69, 9.17) is 9.47 Å². The standard InChI is InChI=1S/C12H16N2O3/c1-9-7-13-4-3-10(9)14-5-6-17-11(8-14)12(15)16-2/h3-4,7,11H,5-6,8H2,1-2H3. The lowest BCUT2D eigenvalue weighted by Crippen LogP contribution is -2.46. The zero-order valence-corrected chi connectivity index (χ0v) is 10.0. The first-order valence-corrected chi connectivity index (χ1v) is 5.57. The van der Waals surface area contributed by atoms with E-state index in [0.29, 0.717) is 13.2 Å². The van der Waals surface area contributed by atoms with Crippen molar-refractivity contribution in [2.24, 2.45) is 0 Å². The predicted octanol–water partition coefficient (Wildman–Crippen LogP) is 0.768. The molecule has 1 unspecified atom stereocenters. The molecule has 0 radical (unpaired) electrons. The van der Waals surface area contributed by atoms with E-state index >= 15 is 0 Å². The van der Waals surface area contributed by atoms with Gasteiger partial charge in [-0.2, -0.15) is 0 Å². The molecule has 0 spiro atoms. The number of carbonyl (C=O) groups is 1. The van der Waals surface area contributed by atoms with Gasteiger partial charge in [0.25, 0.3) is 0 Å². The number of rotatable bonds is 2. The van der Waals surface area contributed by atoms with Gasteiger partial charge in [-0.1, -0.05) is 0 Å². The molecule has 0 saturated carbocycles. The molecule has 5 nitrogen and oxygen atoms in total. The Morgan fingerprint density at radius 1 is 1.65 bits per heavy atom. The number of hydrogen-bond acceptors (Lipinski definition) is 5. The number of esters is 1. The zero-order valence-electron chi connectivity index (χ0n) is 10.0. The maximum Gasteiger partial charge on any atom is 0.336 e. The van der Waals surface area contributed by atoms with E-state index in [1.807, 2.05) is 19.2 Å². The van der Waals surface area contributed by atoms with Crippen molar-refractivity contribution in [3.63, 3.8) is 0 Å². The van der Waals surface area contributed by atoms with Crippen LogP contribution in [0.25, 0.3) is 0 Å². The van der Waals surface area contributed by atoms with E-state index in [-0.39, 0.29) is 5.97 Å². The Balaban J connectivity index is 2.12. The van der Waals surface area contributed by atoms with Crippen LogP contribution in [0.2, 0.25) is 0 Å². The van der Waals surface area contributed by atoms with E-state index in [0.717, 1.165) is 17.8 Å². The van der Waals surface area contributed by atoms with Gasteiger partial charge < -0.3 is 14.4 Å². The summed E-state index contributed by atoms with van der Waals surface area (Å²) in [5, 5.41) is 0. The lowest BCUT2D eigenvalue weighted by molar-refractivity contribution is -0.154. The highest BCUT2D eigenvalue weighted by Crippen LogP contribution is 2.21. The smallest absolute Gasteiger partial charge is 0.336 e. The summed E-state index contributed by atoms with van der Waals surface area (Å²) in [5.74, 6) is -0.318. The van der Waals surface area contributed by atoms with Crippen LogP contribution in [0.15, 0.2) is 18.5 Å². The number of hydrogen-bond donors (Lipinski definition) is 0. The second-order valence-electron chi connectivity index (χ2n) is 3.99. The topological polar surface area (TPSA) is 51.7 Å². The molecule has 1 aromatic heterocycles. The van der Waals surface area contributed by atoms with Crippen LogP contribution in [0.4, 0.5) is 5.69 Å². The van der Waals surface area contributed by atoms with E-state index in [1.54, 1.807) is 6.20 Å². The van der Waals surface area contributed by atoms with Crippen molar-refractivity contribution in [2.45, 2.75) is 13.0 Å². The molecule has 92 valence electrons. The largest absolute Gasteiger partial charge is 0.467 e. The summed E-state index contributed by atoms with van der Waals surface area (Å²) >= 11 is 0. The second-order valence-corrected chi connectivity index (χ2v) is 3.99. The van der Waals surface area contributed by atoms with Crippen molar-refractivity contribution >= 4 is 11.7 Å². The minimum absolute atomic E-state index is 0.318. The van der Waals surface area contributed by atoms with Crippen LogP contribution in [0.5, 0.6) is 0 Å². The maximum absolute atomic E-state index is 11.4. The van der Waals surface area contributed by atoms with Crippen LogP contribution in [-0.2, 0) is 14.3 Å². The molecular formula is C12H16N2O3. The molecule has 5 heteroatoms. The van der Waals surface area contributed by atoms with E-state index in [9.17, 15) is 4.79 Å². The van der Waals surface area contributed by atoms with E-state index in [1.165, 1.54) is 7.11 Å². The average molecular weight is 236 g/mol. The van der Waals surface area contributed by atoms with E-state index < -0.39 is 6.10 Å². The predicted molar refractivity (Wildman–Crippen MR) is 62.9 cm³/mol. The Labute approximate surface area is 100 Å². The lowest BCUT2D eigenvalue weighted by atomic mass is 10.2. The van der Waals surface area contributed by atoms with Crippen molar-refractivity contribution in [1.82, 2.24) is 4.98 Å². The van der Waals surface area contributed by atoms with Crippen LogP contribution in [0, 0.1) is 6.92 Å². The normalized spacial score (nSPS) is 20.1. The quantitative estimate of drug-likeness (QED) is 0.710. The molecule has 17 heavy (non-hydrogen) atoms. The summed E-state index contributed by atoms with van der Waals surface area (Å²) in [7, 11) is 1.38.